The zero-order chi connectivity index (χ0) is 16.3. The van der Waals surface area contributed by atoms with Gasteiger partial charge in [0.25, 0.3) is 0 Å². The largest absolute Gasteiger partial charge is 0.467 e. The van der Waals surface area contributed by atoms with Crippen LogP contribution in [0.1, 0.15) is 34.1 Å². The van der Waals surface area contributed by atoms with Crippen LogP contribution in [0.5, 0.6) is 0 Å². The van der Waals surface area contributed by atoms with E-state index in [1.807, 2.05) is 0 Å². The minimum atomic E-state index is -1.61. The summed E-state index contributed by atoms with van der Waals surface area (Å²) < 4.78 is 32.8. The van der Waals surface area contributed by atoms with Crippen molar-refractivity contribution in [2.24, 2.45) is 0 Å². The van der Waals surface area contributed by atoms with Crippen molar-refractivity contribution in [1.82, 2.24) is 0 Å². The number of hydrogen-bond acceptors (Lipinski definition) is 8. The van der Waals surface area contributed by atoms with Crippen molar-refractivity contribution >= 4 is 11.9 Å². The third-order valence-electron chi connectivity index (χ3n) is 3.87. The maximum atomic E-state index is 12.4. The molecule has 3 aliphatic rings. The van der Waals surface area contributed by atoms with E-state index in [-0.39, 0.29) is 6.42 Å². The quantitative estimate of drug-likeness (QED) is 0.645. The molecule has 0 saturated carbocycles. The maximum absolute atomic E-state index is 12.4. The van der Waals surface area contributed by atoms with Crippen LogP contribution in [0, 0.1) is 0 Å². The first-order valence-corrected chi connectivity index (χ1v) is 7.11. The van der Waals surface area contributed by atoms with E-state index >= 15 is 0 Å². The second kappa shape index (κ2) is 4.64. The maximum Gasteiger partial charge on any atom is 0.341 e. The van der Waals surface area contributed by atoms with Crippen molar-refractivity contribution in [3.63, 3.8) is 0 Å². The smallest absolute Gasteiger partial charge is 0.341 e. The first-order valence-electron chi connectivity index (χ1n) is 7.11. The standard InChI is InChI=1S/C14H20O8/c1-12(2)19-7-6-14(11(16)17-5)8(20-13(3,4)22-14)9(15)18-10(7)21-12/h7-8,10H,6H2,1-5H3/t7-,8+,10-,14-/m1/s1. The molecule has 4 atom stereocenters. The summed E-state index contributed by atoms with van der Waals surface area (Å²) in [5.41, 5.74) is -1.61. The number of methoxy groups -OCH3 is 1. The van der Waals surface area contributed by atoms with Gasteiger partial charge in [0.2, 0.25) is 11.9 Å². The van der Waals surface area contributed by atoms with E-state index in [1.165, 1.54) is 7.11 Å². The number of hydrogen-bond donors (Lipinski definition) is 0. The zero-order valence-corrected chi connectivity index (χ0v) is 13.2. The number of carbonyl (C=O) groups is 2. The van der Waals surface area contributed by atoms with E-state index in [2.05, 4.69) is 0 Å². The molecule has 0 aliphatic carbocycles. The van der Waals surface area contributed by atoms with Gasteiger partial charge in [-0.15, -0.1) is 0 Å². The molecule has 3 heterocycles. The van der Waals surface area contributed by atoms with E-state index in [4.69, 9.17) is 28.4 Å². The van der Waals surface area contributed by atoms with Gasteiger partial charge in [0, 0.05) is 6.42 Å². The molecular weight excluding hydrogens is 296 g/mol. The van der Waals surface area contributed by atoms with Gasteiger partial charge in [-0.2, -0.15) is 0 Å². The Balaban J connectivity index is 2.01. The summed E-state index contributed by atoms with van der Waals surface area (Å²) in [6.07, 6.45) is -2.76. The summed E-state index contributed by atoms with van der Waals surface area (Å²) in [4.78, 5) is 24.8. The van der Waals surface area contributed by atoms with Crippen LogP contribution in [-0.2, 0) is 38.0 Å². The van der Waals surface area contributed by atoms with Crippen LogP contribution in [0.3, 0.4) is 0 Å². The molecule has 124 valence electrons. The van der Waals surface area contributed by atoms with Crippen molar-refractivity contribution < 1.29 is 38.0 Å². The van der Waals surface area contributed by atoms with Crippen LogP contribution < -0.4 is 0 Å². The summed E-state index contributed by atoms with van der Waals surface area (Å²) >= 11 is 0. The second-order valence-corrected chi connectivity index (χ2v) is 6.56. The average Bonchev–Trinajstić information content (AvgIpc) is 2.79. The van der Waals surface area contributed by atoms with Gasteiger partial charge in [-0.1, -0.05) is 0 Å². The average molecular weight is 316 g/mol. The van der Waals surface area contributed by atoms with Gasteiger partial charge in [0.05, 0.1) is 7.11 Å². The molecular formula is C14H20O8. The molecule has 0 bridgehead atoms. The molecule has 8 heteroatoms. The first kappa shape index (κ1) is 15.7. The minimum absolute atomic E-state index is 0.0353. The van der Waals surface area contributed by atoms with Crippen molar-refractivity contribution in [3.05, 3.63) is 0 Å². The Morgan fingerprint density at radius 1 is 1.14 bits per heavy atom. The van der Waals surface area contributed by atoms with Crippen LogP contribution in [0.15, 0.2) is 0 Å². The van der Waals surface area contributed by atoms with Gasteiger partial charge in [0.15, 0.2) is 17.7 Å². The lowest BCUT2D eigenvalue weighted by Gasteiger charge is -2.29. The van der Waals surface area contributed by atoms with Crippen molar-refractivity contribution in [2.45, 2.75) is 69.8 Å². The van der Waals surface area contributed by atoms with Crippen LogP contribution in [0.4, 0.5) is 0 Å². The number of carbonyl (C=O) groups excluding carboxylic acids is 2. The van der Waals surface area contributed by atoms with Gasteiger partial charge in [-0.05, 0) is 27.7 Å². The van der Waals surface area contributed by atoms with Crippen molar-refractivity contribution in [3.8, 4) is 0 Å². The fourth-order valence-electron chi connectivity index (χ4n) is 3.20. The molecule has 3 aliphatic heterocycles. The fourth-order valence-corrected chi connectivity index (χ4v) is 3.20. The molecule has 0 aromatic heterocycles. The molecule has 0 unspecified atom stereocenters. The third-order valence-corrected chi connectivity index (χ3v) is 3.87. The van der Waals surface area contributed by atoms with Crippen LogP contribution >= 0.6 is 0 Å². The first-order chi connectivity index (χ1) is 10.1. The van der Waals surface area contributed by atoms with E-state index in [1.54, 1.807) is 27.7 Å². The number of esters is 2. The van der Waals surface area contributed by atoms with Crippen LogP contribution in [0.2, 0.25) is 0 Å². The SMILES string of the molecule is COC(=O)[C@@]12C[C@H]3OC(C)(C)O[C@H]3OC(=O)[C@@H]1OC(C)(C)O2. The fraction of sp³-hybridized carbons (Fsp3) is 0.857. The lowest BCUT2D eigenvalue weighted by atomic mass is 9.90. The second-order valence-electron chi connectivity index (χ2n) is 6.56. The summed E-state index contributed by atoms with van der Waals surface area (Å²) in [7, 11) is 1.23. The number of ether oxygens (including phenoxy) is 6. The Morgan fingerprint density at radius 3 is 2.45 bits per heavy atom. The minimum Gasteiger partial charge on any atom is -0.467 e. The van der Waals surface area contributed by atoms with E-state index in [9.17, 15) is 9.59 Å². The predicted octanol–water partition coefficient (Wildman–Crippen LogP) is 0.474. The summed E-state index contributed by atoms with van der Waals surface area (Å²) in [6.45, 7) is 6.64. The lowest BCUT2D eigenvalue weighted by Crippen LogP contribution is -2.52. The van der Waals surface area contributed by atoms with Gasteiger partial charge in [-0.3, -0.25) is 0 Å². The van der Waals surface area contributed by atoms with Gasteiger partial charge < -0.3 is 28.4 Å². The highest BCUT2D eigenvalue weighted by molar-refractivity contribution is 5.90. The van der Waals surface area contributed by atoms with Gasteiger partial charge in [0.1, 0.15) is 6.10 Å². The highest BCUT2D eigenvalue weighted by Crippen LogP contribution is 2.46. The van der Waals surface area contributed by atoms with Gasteiger partial charge in [-0.25, -0.2) is 9.59 Å². The highest BCUT2D eigenvalue weighted by atomic mass is 16.8. The summed E-state index contributed by atoms with van der Waals surface area (Å²) in [5.74, 6) is -3.48. The Bertz CT molecular complexity index is 513. The molecule has 0 aromatic carbocycles. The molecule has 0 aromatic rings. The summed E-state index contributed by atoms with van der Waals surface area (Å²) in [5, 5.41) is 0. The molecule has 3 fully saturated rings. The van der Waals surface area contributed by atoms with Crippen molar-refractivity contribution in [2.75, 3.05) is 7.11 Å². The topological polar surface area (TPSA) is 89.5 Å². The normalized spacial score (nSPS) is 42.0. The zero-order valence-electron chi connectivity index (χ0n) is 13.2. The molecule has 8 nitrogen and oxygen atoms in total. The predicted molar refractivity (Wildman–Crippen MR) is 69.3 cm³/mol. The van der Waals surface area contributed by atoms with Gasteiger partial charge >= 0.3 is 11.9 Å². The molecule has 22 heavy (non-hydrogen) atoms. The van der Waals surface area contributed by atoms with Crippen LogP contribution in [-0.4, -0.2) is 54.7 Å². The van der Waals surface area contributed by atoms with E-state index in [0.29, 0.717) is 0 Å². The number of rotatable bonds is 1. The molecule has 3 rings (SSSR count). The van der Waals surface area contributed by atoms with Crippen LogP contribution in [0.25, 0.3) is 0 Å². The Morgan fingerprint density at radius 2 is 1.82 bits per heavy atom. The molecule has 0 radical (unpaired) electrons. The Kier molecular flexibility index (Phi) is 3.30. The highest BCUT2D eigenvalue weighted by Gasteiger charge is 2.67. The Hall–Kier alpha value is -1.22. The molecule has 0 amide bonds. The molecule has 3 saturated heterocycles. The van der Waals surface area contributed by atoms with Crippen molar-refractivity contribution in [1.29, 1.82) is 0 Å². The molecule has 0 spiro atoms. The molecule has 0 N–H and O–H groups in total. The monoisotopic (exact) mass is 316 g/mol. The third kappa shape index (κ3) is 2.30. The summed E-state index contributed by atoms with van der Waals surface area (Å²) in [6, 6.07) is 0. The number of fused-ring (bicyclic) bond motifs is 2. The van der Waals surface area contributed by atoms with E-state index < -0.39 is 47.6 Å². The Labute approximate surface area is 127 Å². The lowest BCUT2D eigenvalue weighted by molar-refractivity contribution is -0.208. The van der Waals surface area contributed by atoms with E-state index in [0.717, 1.165) is 0 Å².